The van der Waals surface area contributed by atoms with E-state index in [9.17, 15) is 23.3 Å². The minimum Gasteiger partial charge on any atom is -0.480 e. The zero-order valence-electron chi connectivity index (χ0n) is 11.4. The Morgan fingerprint density at radius 2 is 2.10 bits per heavy atom. The van der Waals surface area contributed by atoms with E-state index < -0.39 is 37.0 Å². The van der Waals surface area contributed by atoms with Crippen LogP contribution in [0, 0.1) is 10.1 Å². The summed E-state index contributed by atoms with van der Waals surface area (Å²) in [6, 6.07) is 2.98. The Morgan fingerprint density at radius 3 is 2.48 bits per heavy atom. The van der Waals surface area contributed by atoms with Gasteiger partial charge in [0, 0.05) is 6.07 Å². The number of nitrogens with one attached hydrogen (secondary N) is 1. The molecule has 1 aromatic carbocycles. The van der Waals surface area contributed by atoms with E-state index in [1.165, 1.54) is 6.92 Å². The number of nitro benzene ring substituents is 1. The summed E-state index contributed by atoms with van der Waals surface area (Å²) in [5.41, 5.74) is -2.09. The molecule has 4 N–H and O–H groups in total. The predicted octanol–water partition coefficient (Wildman–Crippen LogP) is 0.907. The molecule has 0 spiro atoms. The van der Waals surface area contributed by atoms with Gasteiger partial charge in [0.25, 0.3) is 5.69 Å². The van der Waals surface area contributed by atoms with Gasteiger partial charge >= 0.3 is 5.97 Å². The molecule has 21 heavy (non-hydrogen) atoms. The Morgan fingerprint density at radius 1 is 1.52 bits per heavy atom. The molecule has 10 heteroatoms. The third-order valence-corrected chi connectivity index (χ3v) is 4.00. The summed E-state index contributed by atoms with van der Waals surface area (Å²) >= 11 is 0. The number of nitro groups is 1. The topological polar surface area (TPSA) is 153 Å². The van der Waals surface area contributed by atoms with Gasteiger partial charge in [-0.05, 0) is 25.5 Å². The fraction of sp³-hybridized carbons (Fsp3) is 0.364. The number of primary sulfonamides is 1. The zero-order chi connectivity index (χ0) is 16.4. The zero-order valence-corrected chi connectivity index (χ0v) is 12.2. The standard InChI is InChI=1S/C11H15N3O6S/c1-3-11(2,10(15)16)13-8-5-4-7(21(12,19)20)6-9(8)14(17)18/h4-6,13H,3H2,1-2H3,(H,15,16)(H2,12,19,20). The highest BCUT2D eigenvalue weighted by molar-refractivity contribution is 7.89. The van der Waals surface area contributed by atoms with Gasteiger partial charge in [-0.1, -0.05) is 6.92 Å². The van der Waals surface area contributed by atoms with Gasteiger partial charge in [0.15, 0.2) is 0 Å². The third-order valence-electron chi connectivity index (χ3n) is 3.08. The number of carboxylic acids is 1. The molecule has 0 radical (unpaired) electrons. The Kier molecular flexibility index (Phi) is 4.54. The van der Waals surface area contributed by atoms with Crippen molar-refractivity contribution in [2.24, 2.45) is 5.14 Å². The summed E-state index contributed by atoms with van der Waals surface area (Å²) in [6.07, 6.45) is 0.163. The fourth-order valence-corrected chi connectivity index (χ4v) is 2.07. The molecule has 9 nitrogen and oxygen atoms in total. The second kappa shape index (κ2) is 5.66. The van der Waals surface area contributed by atoms with Crippen LogP contribution in [0.2, 0.25) is 0 Å². The maximum absolute atomic E-state index is 11.2. The van der Waals surface area contributed by atoms with Crippen LogP contribution in [0.1, 0.15) is 20.3 Å². The first-order valence-corrected chi connectivity index (χ1v) is 7.38. The number of anilines is 1. The first kappa shape index (κ1) is 16.9. The van der Waals surface area contributed by atoms with Crippen LogP contribution in [-0.2, 0) is 14.8 Å². The van der Waals surface area contributed by atoms with Crippen molar-refractivity contribution < 1.29 is 23.2 Å². The summed E-state index contributed by atoms with van der Waals surface area (Å²) in [4.78, 5) is 21.0. The molecule has 1 atom stereocenters. The molecule has 1 unspecified atom stereocenters. The molecular weight excluding hydrogens is 302 g/mol. The molecule has 0 saturated carbocycles. The Balaban J connectivity index is 3.38. The van der Waals surface area contributed by atoms with Crippen molar-refractivity contribution >= 4 is 27.4 Å². The summed E-state index contributed by atoms with van der Waals surface area (Å²) in [7, 11) is -4.09. The van der Waals surface area contributed by atoms with Crippen LogP contribution in [0.3, 0.4) is 0 Å². The van der Waals surface area contributed by atoms with Gasteiger partial charge in [-0.3, -0.25) is 10.1 Å². The van der Waals surface area contributed by atoms with Crippen molar-refractivity contribution in [3.8, 4) is 0 Å². The first-order chi connectivity index (χ1) is 9.51. The summed E-state index contributed by atoms with van der Waals surface area (Å²) in [5.74, 6) is -1.19. The molecule has 0 aromatic heterocycles. The van der Waals surface area contributed by atoms with Crippen molar-refractivity contribution in [3.63, 3.8) is 0 Å². The van der Waals surface area contributed by atoms with Crippen LogP contribution < -0.4 is 10.5 Å². The van der Waals surface area contributed by atoms with Crippen molar-refractivity contribution in [1.29, 1.82) is 0 Å². The van der Waals surface area contributed by atoms with E-state index in [-0.39, 0.29) is 12.1 Å². The van der Waals surface area contributed by atoms with Crippen LogP contribution in [0.5, 0.6) is 0 Å². The number of benzene rings is 1. The number of aliphatic carboxylic acids is 1. The summed E-state index contributed by atoms with van der Waals surface area (Å²) < 4.78 is 22.4. The maximum Gasteiger partial charge on any atom is 0.329 e. The number of nitrogens with zero attached hydrogens (tertiary/aromatic N) is 1. The highest BCUT2D eigenvalue weighted by Gasteiger charge is 2.33. The van der Waals surface area contributed by atoms with Gasteiger partial charge in [-0.2, -0.15) is 0 Å². The van der Waals surface area contributed by atoms with E-state index in [0.29, 0.717) is 0 Å². The number of hydrogen-bond acceptors (Lipinski definition) is 6. The Hall–Kier alpha value is -2.20. The van der Waals surface area contributed by atoms with E-state index in [1.54, 1.807) is 6.92 Å². The smallest absolute Gasteiger partial charge is 0.329 e. The Bertz CT molecular complexity index is 687. The van der Waals surface area contributed by atoms with Crippen LogP contribution >= 0.6 is 0 Å². The molecular formula is C11H15N3O6S. The first-order valence-electron chi connectivity index (χ1n) is 5.84. The molecule has 1 aromatic rings. The lowest BCUT2D eigenvalue weighted by atomic mass is 9.98. The summed E-state index contributed by atoms with van der Waals surface area (Å²) in [5, 5.41) is 27.7. The van der Waals surface area contributed by atoms with Crippen LogP contribution in [-0.4, -0.2) is 30.0 Å². The lowest BCUT2D eigenvalue weighted by Crippen LogP contribution is -2.42. The molecule has 0 aliphatic carbocycles. The van der Waals surface area contributed by atoms with Gasteiger partial charge in [0.2, 0.25) is 10.0 Å². The molecule has 0 heterocycles. The quantitative estimate of drug-likeness (QED) is 0.520. The van der Waals surface area contributed by atoms with Gasteiger partial charge in [0.05, 0.1) is 9.82 Å². The largest absolute Gasteiger partial charge is 0.480 e. The number of rotatable bonds is 6. The molecule has 0 saturated heterocycles. The molecule has 1 rings (SSSR count). The Labute approximate surface area is 121 Å². The van der Waals surface area contributed by atoms with E-state index in [4.69, 9.17) is 10.2 Å². The van der Waals surface area contributed by atoms with Crippen LogP contribution in [0.4, 0.5) is 11.4 Å². The van der Waals surface area contributed by atoms with Gasteiger partial charge in [0.1, 0.15) is 11.2 Å². The highest BCUT2D eigenvalue weighted by atomic mass is 32.2. The minimum absolute atomic E-state index is 0.0980. The van der Waals surface area contributed by atoms with Gasteiger partial charge < -0.3 is 10.4 Å². The van der Waals surface area contributed by atoms with E-state index >= 15 is 0 Å². The predicted molar refractivity (Wildman–Crippen MR) is 74.4 cm³/mol. The average molecular weight is 317 g/mol. The molecule has 0 fully saturated rings. The number of hydrogen-bond donors (Lipinski definition) is 3. The van der Waals surface area contributed by atoms with Crippen LogP contribution in [0.15, 0.2) is 23.1 Å². The fourth-order valence-electron chi connectivity index (χ4n) is 1.54. The molecule has 0 amide bonds. The van der Waals surface area contributed by atoms with Crippen molar-refractivity contribution in [2.45, 2.75) is 30.7 Å². The van der Waals surface area contributed by atoms with E-state index in [1.807, 2.05) is 0 Å². The molecule has 0 aliphatic heterocycles. The van der Waals surface area contributed by atoms with Crippen molar-refractivity contribution in [1.82, 2.24) is 0 Å². The van der Waals surface area contributed by atoms with Crippen LogP contribution in [0.25, 0.3) is 0 Å². The number of sulfonamides is 1. The van der Waals surface area contributed by atoms with Crippen molar-refractivity contribution in [3.05, 3.63) is 28.3 Å². The second-order valence-corrected chi connectivity index (χ2v) is 6.16. The monoisotopic (exact) mass is 317 g/mol. The van der Waals surface area contributed by atoms with E-state index in [2.05, 4.69) is 5.32 Å². The average Bonchev–Trinajstić information content (AvgIpc) is 2.37. The van der Waals surface area contributed by atoms with Gasteiger partial charge in [-0.15, -0.1) is 0 Å². The SMILES string of the molecule is CCC(C)(Nc1ccc(S(N)(=O)=O)cc1[N+](=O)[O-])C(=O)O. The van der Waals surface area contributed by atoms with E-state index in [0.717, 1.165) is 18.2 Å². The maximum atomic E-state index is 11.2. The molecule has 116 valence electrons. The second-order valence-electron chi connectivity index (χ2n) is 4.60. The van der Waals surface area contributed by atoms with Gasteiger partial charge in [-0.25, -0.2) is 18.4 Å². The molecule has 0 aliphatic rings. The normalized spacial score (nSPS) is 14.2. The lowest BCUT2D eigenvalue weighted by Gasteiger charge is -2.25. The number of carbonyl (C=O) groups is 1. The van der Waals surface area contributed by atoms with Crippen molar-refractivity contribution in [2.75, 3.05) is 5.32 Å². The minimum atomic E-state index is -4.09. The lowest BCUT2D eigenvalue weighted by molar-refractivity contribution is -0.384. The number of nitrogens with two attached hydrogens (primary N) is 1. The number of carboxylic acid groups (broad SMARTS) is 1. The third kappa shape index (κ3) is 3.67. The summed E-state index contributed by atoms with van der Waals surface area (Å²) in [6.45, 7) is 2.97. The highest BCUT2D eigenvalue weighted by Crippen LogP contribution is 2.30. The molecule has 0 bridgehead atoms.